The van der Waals surface area contributed by atoms with E-state index < -0.39 is 9.84 Å². The fraction of sp³-hybridized carbons (Fsp3) is 1.00. The van der Waals surface area contributed by atoms with Gasteiger partial charge in [-0.3, -0.25) is 0 Å². The Morgan fingerprint density at radius 2 is 1.93 bits per heavy atom. The van der Waals surface area contributed by atoms with Crippen molar-refractivity contribution in [3.63, 3.8) is 0 Å². The van der Waals surface area contributed by atoms with Crippen LogP contribution in [0.25, 0.3) is 0 Å². The summed E-state index contributed by atoms with van der Waals surface area (Å²) in [5, 5.41) is 2.77. The normalized spacial score (nSPS) is 14.6. The number of sulfone groups is 1. The molecule has 0 aromatic rings. The number of likely N-dealkylation sites (N-methyl/N-ethyl adjacent to an activating group) is 1. The van der Waals surface area contributed by atoms with Crippen LogP contribution < -0.4 is 5.32 Å². The molecule has 1 N–H and O–H groups in total. The molecule has 0 radical (unpaired) electrons. The van der Waals surface area contributed by atoms with E-state index in [1.165, 1.54) is 0 Å². The molecule has 4 nitrogen and oxygen atoms in total. The van der Waals surface area contributed by atoms with E-state index in [0.29, 0.717) is 6.61 Å². The van der Waals surface area contributed by atoms with E-state index in [9.17, 15) is 8.42 Å². The third-order valence-corrected chi connectivity index (χ3v) is 4.32. The highest BCUT2D eigenvalue weighted by atomic mass is 32.2. The second kappa shape index (κ2) is 6.37. The van der Waals surface area contributed by atoms with Gasteiger partial charge in [0.1, 0.15) is 0 Å². The first-order chi connectivity index (χ1) is 6.44. The van der Waals surface area contributed by atoms with E-state index in [1.807, 2.05) is 6.92 Å². The van der Waals surface area contributed by atoms with Gasteiger partial charge in [-0.2, -0.15) is 0 Å². The molecule has 0 aliphatic rings. The van der Waals surface area contributed by atoms with E-state index in [2.05, 4.69) is 5.32 Å². The van der Waals surface area contributed by atoms with Crippen LogP contribution in [0.2, 0.25) is 0 Å². The van der Waals surface area contributed by atoms with E-state index >= 15 is 0 Å². The van der Waals surface area contributed by atoms with Crippen LogP contribution in [0.5, 0.6) is 0 Å². The first-order valence-electron chi connectivity index (χ1n) is 4.88. The number of rotatable bonds is 7. The molecular formula is C9H21NO3S. The van der Waals surface area contributed by atoms with E-state index in [-0.39, 0.29) is 17.0 Å². The largest absolute Gasteiger partial charge is 0.383 e. The maximum absolute atomic E-state index is 11.6. The summed E-state index contributed by atoms with van der Waals surface area (Å²) in [5.41, 5.74) is 0. The van der Waals surface area contributed by atoms with Crippen molar-refractivity contribution in [3.8, 4) is 0 Å². The Hall–Kier alpha value is -0.130. The number of nitrogens with one attached hydrogen (secondary N) is 1. The second-order valence-electron chi connectivity index (χ2n) is 3.59. The zero-order valence-electron chi connectivity index (χ0n) is 9.41. The molecule has 1 atom stereocenters. The Bertz CT molecular complexity index is 230. The molecule has 0 rings (SSSR count). The molecule has 0 aromatic heterocycles. The van der Waals surface area contributed by atoms with Crippen LogP contribution in [0.15, 0.2) is 0 Å². The van der Waals surface area contributed by atoms with E-state index in [4.69, 9.17) is 4.74 Å². The Kier molecular flexibility index (Phi) is 6.31. The maximum Gasteiger partial charge on any atom is 0.154 e. The van der Waals surface area contributed by atoms with Gasteiger partial charge in [-0.1, -0.05) is 6.92 Å². The molecule has 1 unspecified atom stereocenters. The van der Waals surface area contributed by atoms with Crippen molar-refractivity contribution >= 4 is 9.84 Å². The maximum atomic E-state index is 11.6. The summed E-state index contributed by atoms with van der Waals surface area (Å²) in [6.07, 6.45) is 0. The SMILES string of the molecule is CCNC(COC)CS(=O)(=O)C(C)C. The average molecular weight is 223 g/mol. The Morgan fingerprint density at radius 3 is 2.29 bits per heavy atom. The summed E-state index contributed by atoms with van der Waals surface area (Å²) in [4.78, 5) is 0. The molecule has 0 spiro atoms. The molecule has 0 saturated carbocycles. The summed E-state index contributed by atoms with van der Waals surface area (Å²) in [6, 6.07) is -0.0996. The number of ether oxygens (including phenoxy) is 1. The summed E-state index contributed by atoms with van der Waals surface area (Å²) in [6.45, 7) is 6.53. The van der Waals surface area contributed by atoms with Gasteiger partial charge >= 0.3 is 0 Å². The third kappa shape index (κ3) is 4.93. The molecular weight excluding hydrogens is 202 g/mol. The molecule has 0 aliphatic carbocycles. The quantitative estimate of drug-likeness (QED) is 0.680. The number of hydrogen-bond donors (Lipinski definition) is 1. The lowest BCUT2D eigenvalue weighted by Gasteiger charge is -2.18. The van der Waals surface area contributed by atoms with Gasteiger partial charge in [-0.05, 0) is 20.4 Å². The first-order valence-corrected chi connectivity index (χ1v) is 6.59. The highest BCUT2D eigenvalue weighted by Crippen LogP contribution is 2.03. The molecule has 0 amide bonds. The first kappa shape index (κ1) is 13.9. The monoisotopic (exact) mass is 223 g/mol. The molecule has 86 valence electrons. The number of hydrogen-bond acceptors (Lipinski definition) is 4. The minimum Gasteiger partial charge on any atom is -0.383 e. The molecule has 0 aliphatic heterocycles. The highest BCUT2D eigenvalue weighted by molar-refractivity contribution is 7.92. The summed E-state index contributed by atoms with van der Waals surface area (Å²) in [7, 11) is -1.41. The van der Waals surface area contributed by atoms with Gasteiger partial charge in [0.2, 0.25) is 0 Å². The third-order valence-electron chi connectivity index (χ3n) is 2.01. The van der Waals surface area contributed by atoms with Gasteiger partial charge in [0, 0.05) is 13.2 Å². The highest BCUT2D eigenvalue weighted by Gasteiger charge is 2.21. The van der Waals surface area contributed by atoms with Crippen molar-refractivity contribution in [2.75, 3.05) is 26.0 Å². The molecule has 0 saturated heterocycles. The van der Waals surface area contributed by atoms with Crippen LogP contribution in [0, 0.1) is 0 Å². The lowest BCUT2D eigenvalue weighted by Crippen LogP contribution is -2.40. The van der Waals surface area contributed by atoms with Crippen LogP contribution in [-0.2, 0) is 14.6 Å². The van der Waals surface area contributed by atoms with Crippen molar-refractivity contribution in [1.82, 2.24) is 5.32 Å². The Balaban J connectivity index is 4.28. The van der Waals surface area contributed by atoms with Gasteiger partial charge in [-0.15, -0.1) is 0 Å². The molecule has 14 heavy (non-hydrogen) atoms. The van der Waals surface area contributed by atoms with Crippen LogP contribution in [0.4, 0.5) is 0 Å². The number of methoxy groups -OCH3 is 1. The van der Waals surface area contributed by atoms with Crippen molar-refractivity contribution in [2.45, 2.75) is 32.1 Å². The van der Waals surface area contributed by atoms with Gasteiger partial charge in [0.15, 0.2) is 9.84 Å². The van der Waals surface area contributed by atoms with Crippen LogP contribution in [0.3, 0.4) is 0 Å². The Labute approximate surface area is 86.9 Å². The van der Waals surface area contributed by atoms with Crippen LogP contribution in [-0.4, -0.2) is 45.7 Å². The summed E-state index contributed by atoms with van der Waals surface area (Å²) in [5.74, 6) is 0.145. The van der Waals surface area contributed by atoms with Crippen molar-refractivity contribution in [1.29, 1.82) is 0 Å². The minimum absolute atomic E-state index is 0.0996. The predicted molar refractivity (Wildman–Crippen MR) is 58.3 cm³/mol. The summed E-state index contributed by atoms with van der Waals surface area (Å²) >= 11 is 0. The molecule has 0 fully saturated rings. The van der Waals surface area contributed by atoms with Crippen LogP contribution in [0.1, 0.15) is 20.8 Å². The predicted octanol–water partition coefficient (Wildman–Crippen LogP) is 0.434. The smallest absolute Gasteiger partial charge is 0.154 e. The Morgan fingerprint density at radius 1 is 1.36 bits per heavy atom. The van der Waals surface area contributed by atoms with Crippen molar-refractivity contribution < 1.29 is 13.2 Å². The van der Waals surface area contributed by atoms with Gasteiger partial charge in [0.25, 0.3) is 0 Å². The second-order valence-corrected chi connectivity index (χ2v) is 6.19. The molecule has 0 aromatic carbocycles. The molecule has 0 bridgehead atoms. The zero-order valence-corrected chi connectivity index (χ0v) is 10.2. The van der Waals surface area contributed by atoms with E-state index in [1.54, 1.807) is 21.0 Å². The van der Waals surface area contributed by atoms with Crippen molar-refractivity contribution in [2.24, 2.45) is 0 Å². The average Bonchev–Trinajstić information content (AvgIpc) is 2.04. The summed E-state index contributed by atoms with van der Waals surface area (Å²) < 4.78 is 28.1. The molecule has 5 heteroatoms. The van der Waals surface area contributed by atoms with Crippen LogP contribution >= 0.6 is 0 Å². The molecule has 0 heterocycles. The zero-order chi connectivity index (χ0) is 11.2. The van der Waals surface area contributed by atoms with Crippen molar-refractivity contribution in [3.05, 3.63) is 0 Å². The fourth-order valence-electron chi connectivity index (χ4n) is 1.13. The lowest BCUT2D eigenvalue weighted by atomic mass is 10.3. The topological polar surface area (TPSA) is 55.4 Å². The fourth-order valence-corrected chi connectivity index (χ4v) is 2.29. The van der Waals surface area contributed by atoms with Gasteiger partial charge in [-0.25, -0.2) is 8.42 Å². The van der Waals surface area contributed by atoms with E-state index in [0.717, 1.165) is 6.54 Å². The standard InChI is InChI=1S/C9H21NO3S/c1-5-10-9(6-13-4)7-14(11,12)8(2)3/h8-10H,5-7H2,1-4H3. The lowest BCUT2D eigenvalue weighted by molar-refractivity contribution is 0.174. The minimum atomic E-state index is -2.98. The van der Waals surface area contributed by atoms with Gasteiger partial charge in [0.05, 0.1) is 17.6 Å². The van der Waals surface area contributed by atoms with Gasteiger partial charge < -0.3 is 10.1 Å².